The number of azo groups is 1. The third-order valence-electron chi connectivity index (χ3n) is 11.7. The van der Waals surface area contributed by atoms with Gasteiger partial charge in [-0.15, -0.1) is 0 Å². The number of hydrogen-bond donors (Lipinski definition) is 1. The van der Waals surface area contributed by atoms with Crippen LogP contribution in [0.4, 0.5) is 28.4 Å². The molecular weight excluding hydrogens is 683 g/mol. The fraction of sp³-hybridized carbons (Fsp3) is 0.302. The molecule has 2 heterocycles. The number of anilines is 3. The first-order chi connectivity index (χ1) is 26.0. The fourth-order valence-electron chi connectivity index (χ4n) is 9.08. The summed E-state index contributed by atoms with van der Waals surface area (Å²) in [5.74, 6) is -4.69. The van der Waals surface area contributed by atoms with Gasteiger partial charge in [0, 0.05) is 31.3 Å². The third-order valence-corrected chi connectivity index (χ3v) is 11.7. The van der Waals surface area contributed by atoms with E-state index in [1.807, 2.05) is 62.3 Å². The summed E-state index contributed by atoms with van der Waals surface area (Å²) in [7, 11) is 3.93. The molecule has 2 aliphatic heterocycles. The first kappa shape index (κ1) is 35.0. The highest BCUT2D eigenvalue weighted by molar-refractivity contribution is 6.25. The molecule has 4 aromatic rings. The van der Waals surface area contributed by atoms with Crippen molar-refractivity contribution in [3.05, 3.63) is 114 Å². The molecule has 6 unspecified atom stereocenters. The number of para-hydroxylation sites is 2. The molecular formula is C43H41N5O6. The van der Waals surface area contributed by atoms with Gasteiger partial charge in [-0.2, -0.15) is 10.2 Å². The van der Waals surface area contributed by atoms with Crippen LogP contribution in [-0.2, 0) is 19.2 Å². The average Bonchev–Trinajstić information content (AvgIpc) is 3.55. The van der Waals surface area contributed by atoms with Crippen molar-refractivity contribution in [2.45, 2.75) is 32.6 Å². The van der Waals surface area contributed by atoms with E-state index in [2.05, 4.69) is 10.2 Å². The Balaban J connectivity index is 1.14. The minimum atomic E-state index is -1.28. The molecule has 1 saturated carbocycles. The Morgan fingerprint density at radius 1 is 0.778 bits per heavy atom. The molecule has 3 fully saturated rings. The van der Waals surface area contributed by atoms with E-state index in [0.29, 0.717) is 34.9 Å². The summed E-state index contributed by atoms with van der Waals surface area (Å²) < 4.78 is 5.76. The lowest BCUT2D eigenvalue weighted by molar-refractivity contribution is -0.131. The standard InChI is InChI=1S/C43H41N5O6/c1-5-54-35-13-9-12-32(38(35)49)37-30-22-23-31-36(33(30)24-34-40(51)48(42(53)43(34,37)2)28-10-7-6-8-11-28)41(52)47(39(31)50)29-20-16-26(17-21-29)45-44-25-14-18-27(19-15-25)46(3)4/h6-22,31,33-34,36-37,49H,5,23-24H2,1-4H3. The summed E-state index contributed by atoms with van der Waals surface area (Å²) in [5, 5.41) is 20.3. The minimum absolute atomic E-state index is 0.107. The van der Waals surface area contributed by atoms with Gasteiger partial charge in [0.15, 0.2) is 11.5 Å². The average molecular weight is 724 g/mol. The lowest BCUT2D eigenvalue weighted by atomic mass is 9.51. The predicted molar refractivity (Wildman–Crippen MR) is 204 cm³/mol. The number of allylic oxidation sites excluding steroid dienone is 2. The van der Waals surface area contributed by atoms with E-state index in [4.69, 9.17) is 4.74 Å². The number of nitrogens with zero attached hydrogens (tertiary/aromatic N) is 5. The molecule has 274 valence electrons. The number of ether oxygens (including phenoxy) is 1. The summed E-state index contributed by atoms with van der Waals surface area (Å²) in [6.45, 7) is 3.93. The highest BCUT2D eigenvalue weighted by Crippen LogP contribution is 2.65. The topological polar surface area (TPSA) is 132 Å². The fourth-order valence-corrected chi connectivity index (χ4v) is 9.08. The largest absolute Gasteiger partial charge is 0.504 e. The van der Waals surface area contributed by atoms with Crippen molar-refractivity contribution in [2.24, 2.45) is 39.3 Å². The summed E-state index contributed by atoms with van der Waals surface area (Å²) in [6, 6.07) is 28.5. The van der Waals surface area contributed by atoms with Gasteiger partial charge in [0.25, 0.3) is 0 Å². The molecule has 4 amide bonds. The zero-order valence-corrected chi connectivity index (χ0v) is 30.5. The van der Waals surface area contributed by atoms with Crippen molar-refractivity contribution in [3.63, 3.8) is 0 Å². The molecule has 6 atom stereocenters. The van der Waals surface area contributed by atoms with Crippen molar-refractivity contribution < 1.29 is 29.0 Å². The molecule has 1 N–H and O–H groups in total. The normalized spacial score (nSPS) is 26.1. The Labute approximate surface area is 313 Å². The number of phenolic OH excluding ortho intramolecular Hbond substituents is 1. The first-order valence-corrected chi connectivity index (χ1v) is 18.3. The zero-order valence-electron chi connectivity index (χ0n) is 30.5. The van der Waals surface area contributed by atoms with E-state index in [1.54, 1.807) is 73.7 Å². The van der Waals surface area contributed by atoms with Gasteiger partial charge in [-0.25, -0.2) is 4.90 Å². The number of imide groups is 2. The summed E-state index contributed by atoms with van der Waals surface area (Å²) in [4.78, 5) is 62.2. The molecule has 4 aromatic carbocycles. The molecule has 54 heavy (non-hydrogen) atoms. The number of carbonyl (C=O) groups is 4. The van der Waals surface area contributed by atoms with Crippen molar-refractivity contribution in [3.8, 4) is 11.5 Å². The van der Waals surface area contributed by atoms with E-state index in [9.17, 15) is 24.3 Å². The Kier molecular flexibility index (Phi) is 8.67. The molecule has 11 nitrogen and oxygen atoms in total. The van der Waals surface area contributed by atoms with Gasteiger partial charge in [-0.1, -0.05) is 42.0 Å². The number of hydrogen-bond acceptors (Lipinski definition) is 9. The number of benzene rings is 4. The first-order valence-electron chi connectivity index (χ1n) is 18.3. The lowest BCUT2D eigenvalue weighted by Crippen LogP contribution is -2.48. The predicted octanol–water partition coefficient (Wildman–Crippen LogP) is 7.71. The summed E-state index contributed by atoms with van der Waals surface area (Å²) >= 11 is 0. The van der Waals surface area contributed by atoms with Crippen LogP contribution in [0.5, 0.6) is 11.5 Å². The van der Waals surface area contributed by atoms with Gasteiger partial charge in [0.1, 0.15) is 0 Å². The second-order valence-corrected chi connectivity index (χ2v) is 14.8. The smallest absolute Gasteiger partial charge is 0.241 e. The maximum absolute atomic E-state index is 14.6. The Morgan fingerprint density at radius 3 is 2.07 bits per heavy atom. The molecule has 0 spiro atoms. The quantitative estimate of drug-likeness (QED) is 0.112. The van der Waals surface area contributed by atoms with Gasteiger partial charge >= 0.3 is 0 Å². The molecule has 2 saturated heterocycles. The van der Waals surface area contributed by atoms with E-state index < -0.39 is 35.0 Å². The SMILES string of the molecule is CCOc1cccc(C2C3=CCC4C(=O)N(c5ccc(N=Nc6ccc(N(C)C)cc6)cc5)C(=O)C4C3CC3C(=O)N(c4ccccc4)C(=O)C32C)c1O. The molecule has 4 aliphatic rings. The lowest BCUT2D eigenvalue weighted by Gasteiger charge is -2.49. The van der Waals surface area contributed by atoms with Crippen LogP contribution >= 0.6 is 0 Å². The second-order valence-electron chi connectivity index (χ2n) is 14.8. The van der Waals surface area contributed by atoms with Crippen LogP contribution in [-0.4, -0.2) is 49.4 Å². The van der Waals surface area contributed by atoms with Crippen LogP contribution in [0.3, 0.4) is 0 Å². The third kappa shape index (κ3) is 5.40. The van der Waals surface area contributed by atoms with Crippen molar-refractivity contribution in [1.82, 2.24) is 0 Å². The highest BCUT2D eigenvalue weighted by atomic mass is 16.5. The van der Waals surface area contributed by atoms with Gasteiger partial charge in [0.05, 0.1) is 52.5 Å². The van der Waals surface area contributed by atoms with Crippen LogP contribution in [0, 0.1) is 29.1 Å². The van der Waals surface area contributed by atoms with Gasteiger partial charge in [0.2, 0.25) is 23.6 Å². The Bertz CT molecular complexity index is 2220. The van der Waals surface area contributed by atoms with Crippen molar-refractivity contribution >= 4 is 52.1 Å². The van der Waals surface area contributed by atoms with E-state index in [1.165, 1.54) is 9.80 Å². The number of phenols is 1. The van der Waals surface area contributed by atoms with E-state index >= 15 is 0 Å². The van der Waals surface area contributed by atoms with E-state index in [-0.39, 0.29) is 48.0 Å². The number of aromatic hydroxyl groups is 1. The second kappa shape index (κ2) is 13.4. The zero-order chi connectivity index (χ0) is 37.9. The maximum atomic E-state index is 14.6. The van der Waals surface area contributed by atoms with Crippen LogP contribution in [0.15, 0.2) is 119 Å². The van der Waals surface area contributed by atoms with Crippen LogP contribution in [0.2, 0.25) is 0 Å². The molecule has 0 radical (unpaired) electrons. The Hall–Kier alpha value is -6.10. The summed E-state index contributed by atoms with van der Waals surface area (Å²) in [6.07, 6.45) is 2.46. The molecule has 0 bridgehead atoms. The number of amides is 4. The minimum Gasteiger partial charge on any atom is -0.504 e. The Morgan fingerprint density at radius 2 is 1.43 bits per heavy atom. The van der Waals surface area contributed by atoms with E-state index in [0.717, 1.165) is 11.3 Å². The van der Waals surface area contributed by atoms with Crippen LogP contribution in [0.1, 0.15) is 38.2 Å². The maximum Gasteiger partial charge on any atom is 0.241 e. The number of fused-ring (bicyclic) bond motifs is 4. The molecule has 8 rings (SSSR count). The molecule has 11 heteroatoms. The molecule has 0 aromatic heterocycles. The van der Waals surface area contributed by atoms with Crippen molar-refractivity contribution in [2.75, 3.05) is 35.4 Å². The number of carbonyl (C=O) groups excluding carboxylic acids is 4. The van der Waals surface area contributed by atoms with Gasteiger partial charge in [-0.3, -0.25) is 24.1 Å². The van der Waals surface area contributed by atoms with Crippen LogP contribution in [0.25, 0.3) is 0 Å². The highest BCUT2D eigenvalue weighted by Gasteiger charge is 2.68. The van der Waals surface area contributed by atoms with Crippen LogP contribution < -0.4 is 19.4 Å². The molecule has 2 aliphatic carbocycles. The van der Waals surface area contributed by atoms with Gasteiger partial charge < -0.3 is 14.7 Å². The monoisotopic (exact) mass is 723 g/mol. The van der Waals surface area contributed by atoms with Gasteiger partial charge in [-0.05, 0) is 99.3 Å². The number of rotatable bonds is 8. The van der Waals surface area contributed by atoms with Crippen molar-refractivity contribution in [1.29, 1.82) is 0 Å². The summed E-state index contributed by atoms with van der Waals surface area (Å²) in [5.41, 5.74) is 3.14.